The molecule has 0 unspecified atom stereocenters. The molecule has 1 aromatic heterocycles. The standard InChI is InChI=1S/C21H30ClN3O4Si/c1-21(2,3)30(4,5)29-11-10-16-13-18(26)25-19(23-16)17(24-20(27)28)12-14-6-8-15(22)9-7-14/h6-9,13,17,24H,10-12H2,1-5H3,(H,27,28)(H,23,25,26)/t17-/m0/s1. The second kappa shape index (κ2) is 9.76. The maximum atomic E-state index is 12.2. The van der Waals surface area contributed by atoms with Crippen LogP contribution in [0.4, 0.5) is 4.79 Å². The fraction of sp³-hybridized carbons (Fsp3) is 0.476. The van der Waals surface area contributed by atoms with Gasteiger partial charge in [0.15, 0.2) is 8.32 Å². The molecule has 7 nitrogen and oxygen atoms in total. The van der Waals surface area contributed by atoms with E-state index in [0.29, 0.717) is 30.2 Å². The highest BCUT2D eigenvalue weighted by Crippen LogP contribution is 2.36. The van der Waals surface area contributed by atoms with Crippen molar-refractivity contribution in [1.29, 1.82) is 0 Å². The summed E-state index contributed by atoms with van der Waals surface area (Å²) in [6, 6.07) is 7.83. The van der Waals surface area contributed by atoms with Gasteiger partial charge >= 0.3 is 6.09 Å². The number of halogens is 1. The maximum Gasteiger partial charge on any atom is 0.405 e. The molecule has 2 rings (SSSR count). The summed E-state index contributed by atoms with van der Waals surface area (Å²) < 4.78 is 6.17. The molecule has 1 atom stereocenters. The van der Waals surface area contributed by atoms with Gasteiger partial charge in [0.2, 0.25) is 0 Å². The summed E-state index contributed by atoms with van der Waals surface area (Å²) in [4.78, 5) is 30.7. The van der Waals surface area contributed by atoms with Crippen LogP contribution in [-0.4, -0.2) is 36.1 Å². The van der Waals surface area contributed by atoms with Crippen molar-refractivity contribution < 1.29 is 14.3 Å². The number of hydrogen-bond donors (Lipinski definition) is 3. The lowest BCUT2D eigenvalue weighted by molar-refractivity contribution is 0.189. The Morgan fingerprint density at radius 3 is 2.50 bits per heavy atom. The molecular formula is C21H30ClN3O4Si. The summed E-state index contributed by atoms with van der Waals surface area (Å²) in [6.45, 7) is 11.3. The van der Waals surface area contributed by atoms with Gasteiger partial charge in [-0.1, -0.05) is 44.5 Å². The van der Waals surface area contributed by atoms with Gasteiger partial charge in [-0.15, -0.1) is 0 Å². The first-order valence-corrected chi connectivity index (χ1v) is 13.1. The van der Waals surface area contributed by atoms with Crippen LogP contribution >= 0.6 is 11.6 Å². The lowest BCUT2D eigenvalue weighted by atomic mass is 10.1. The molecule has 0 aliphatic carbocycles. The summed E-state index contributed by atoms with van der Waals surface area (Å²) in [5.41, 5.74) is 1.11. The van der Waals surface area contributed by atoms with Gasteiger partial charge in [0.05, 0.1) is 11.7 Å². The molecular weight excluding hydrogens is 422 g/mol. The Hall–Kier alpha value is -2.16. The zero-order valence-electron chi connectivity index (χ0n) is 18.1. The van der Waals surface area contributed by atoms with Crippen LogP contribution in [0.2, 0.25) is 23.2 Å². The zero-order chi connectivity index (χ0) is 22.5. The van der Waals surface area contributed by atoms with Crippen LogP contribution in [0.1, 0.15) is 43.9 Å². The van der Waals surface area contributed by atoms with Crippen LogP contribution in [0.25, 0.3) is 0 Å². The van der Waals surface area contributed by atoms with Crippen LogP contribution in [0.3, 0.4) is 0 Å². The van der Waals surface area contributed by atoms with Gasteiger partial charge in [-0.2, -0.15) is 0 Å². The van der Waals surface area contributed by atoms with E-state index in [1.54, 1.807) is 12.1 Å². The number of rotatable bonds is 8. The molecule has 0 aliphatic rings. The van der Waals surface area contributed by atoms with E-state index >= 15 is 0 Å². The normalized spacial score (nSPS) is 13.1. The minimum Gasteiger partial charge on any atom is -0.465 e. The van der Waals surface area contributed by atoms with Gasteiger partial charge in [0.1, 0.15) is 5.82 Å². The van der Waals surface area contributed by atoms with E-state index in [9.17, 15) is 14.7 Å². The Labute approximate surface area is 183 Å². The molecule has 0 saturated heterocycles. The topological polar surface area (TPSA) is 104 Å². The molecule has 30 heavy (non-hydrogen) atoms. The van der Waals surface area contributed by atoms with Crippen LogP contribution < -0.4 is 10.9 Å². The van der Waals surface area contributed by atoms with Gasteiger partial charge < -0.3 is 19.8 Å². The fourth-order valence-electron chi connectivity index (χ4n) is 2.67. The number of hydrogen-bond acceptors (Lipinski definition) is 4. The molecule has 0 aliphatic heterocycles. The number of aromatic amines is 1. The van der Waals surface area contributed by atoms with E-state index in [1.165, 1.54) is 6.07 Å². The van der Waals surface area contributed by atoms with E-state index < -0.39 is 20.5 Å². The largest absolute Gasteiger partial charge is 0.465 e. The third-order valence-corrected chi connectivity index (χ3v) is 10.2. The van der Waals surface area contributed by atoms with Crippen molar-refractivity contribution in [2.24, 2.45) is 0 Å². The lowest BCUT2D eigenvalue weighted by Crippen LogP contribution is -2.41. The number of carboxylic acid groups (broad SMARTS) is 1. The highest BCUT2D eigenvalue weighted by Gasteiger charge is 2.36. The van der Waals surface area contributed by atoms with E-state index in [1.807, 2.05) is 12.1 Å². The third kappa shape index (κ3) is 6.96. The summed E-state index contributed by atoms with van der Waals surface area (Å²) in [5.74, 6) is 0.280. The summed E-state index contributed by atoms with van der Waals surface area (Å²) in [7, 11) is -1.90. The molecule has 0 fully saturated rings. The van der Waals surface area contributed by atoms with E-state index in [2.05, 4.69) is 49.1 Å². The van der Waals surface area contributed by atoms with Crippen molar-refractivity contribution in [3.8, 4) is 0 Å². The smallest absolute Gasteiger partial charge is 0.405 e. The summed E-state index contributed by atoms with van der Waals surface area (Å²) in [6.07, 6.45) is -0.385. The second-order valence-corrected chi connectivity index (χ2v) is 14.1. The van der Waals surface area contributed by atoms with Crippen molar-refractivity contribution in [3.05, 3.63) is 62.8 Å². The predicted octanol–water partition coefficient (Wildman–Crippen LogP) is 4.54. The number of H-pyrrole nitrogens is 1. The van der Waals surface area contributed by atoms with Gasteiger partial charge in [0.25, 0.3) is 5.56 Å². The first-order valence-electron chi connectivity index (χ1n) is 9.85. The fourth-order valence-corrected chi connectivity index (χ4v) is 3.84. The van der Waals surface area contributed by atoms with Crippen molar-refractivity contribution in [3.63, 3.8) is 0 Å². The van der Waals surface area contributed by atoms with E-state index in [4.69, 9.17) is 16.0 Å². The van der Waals surface area contributed by atoms with Crippen LogP contribution in [-0.2, 0) is 17.3 Å². The van der Waals surface area contributed by atoms with Crippen LogP contribution in [0, 0.1) is 0 Å². The molecule has 9 heteroatoms. The van der Waals surface area contributed by atoms with Crippen molar-refractivity contribution >= 4 is 26.0 Å². The Bertz CT molecular complexity index is 923. The van der Waals surface area contributed by atoms with Crippen LogP contribution in [0.5, 0.6) is 0 Å². The first-order chi connectivity index (χ1) is 13.9. The lowest BCUT2D eigenvalue weighted by Gasteiger charge is -2.36. The van der Waals surface area contributed by atoms with E-state index in [-0.39, 0.29) is 16.4 Å². The Kier molecular flexibility index (Phi) is 7.85. The molecule has 0 radical (unpaired) electrons. The molecule has 0 bridgehead atoms. The van der Waals surface area contributed by atoms with Crippen molar-refractivity contribution in [2.75, 3.05) is 6.61 Å². The summed E-state index contributed by atoms with van der Waals surface area (Å²) >= 11 is 5.92. The minimum absolute atomic E-state index is 0.0921. The monoisotopic (exact) mass is 451 g/mol. The molecule has 164 valence electrons. The molecule has 3 N–H and O–H groups in total. The molecule has 2 aromatic rings. The molecule has 0 spiro atoms. The van der Waals surface area contributed by atoms with Gasteiger partial charge in [-0.05, 0) is 35.8 Å². The minimum atomic E-state index is -1.90. The van der Waals surface area contributed by atoms with E-state index in [0.717, 1.165) is 5.56 Å². The van der Waals surface area contributed by atoms with Gasteiger partial charge in [-0.25, -0.2) is 9.78 Å². The number of benzene rings is 1. The third-order valence-electron chi connectivity index (χ3n) is 5.42. The van der Waals surface area contributed by atoms with Crippen LogP contribution in [0.15, 0.2) is 35.1 Å². The molecule has 1 heterocycles. The highest BCUT2D eigenvalue weighted by atomic mass is 35.5. The quantitative estimate of drug-likeness (QED) is 0.511. The average molecular weight is 452 g/mol. The highest BCUT2D eigenvalue weighted by molar-refractivity contribution is 6.74. The second-order valence-electron chi connectivity index (χ2n) is 8.81. The SMILES string of the molecule is CC(C)(C)[Si](C)(C)OCCc1cc(=O)[nH]c([C@H](Cc2ccc(Cl)cc2)NC(=O)O)n1. The average Bonchev–Trinajstić information content (AvgIpc) is 2.61. The number of aromatic nitrogens is 2. The molecule has 1 aromatic carbocycles. The predicted molar refractivity (Wildman–Crippen MR) is 121 cm³/mol. The molecule has 1 amide bonds. The van der Waals surface area contributed by atoms with Crippen molar-refractivity contribution in [2.45, 2.75) is 57.8 Å². The zero-order valence-corrected chi connectivity index (χ0v) is 19.8. The van der Waals surface area contributed by atoms with Crippen molar-refractivity contribution in [1.82, 2.24) is 15.3 Å². The first kappa shape index (κ1) is 24.1. The Morgan fingerprint density at radius 2 is 1.93 bits per heavy atom. The molecule has 0 saturated carbocycles. The summed E-state index contributed by atoms with van der Waals surface area (Å²) in [5, 5.41) is 12.4. The van der Waals surface area contributed by atoms with Gasteiger partial charge in [-0.3, -0.25) is 4.79 Å². The number of nitrogens with zero attached hydrogens (tertiary/aromatic N) is 1. The van der Waals surface area contributed by atoms with Gasteiger partial charge in [0, 0.05) is 30.5 Å². The maximum absolute atomic E-state index is 12.2. The Morgan fingerprint density at radius 1 is 1.30 bits per heavy atom. The number of nitrogens with one attached hydrogen (secondary N) is 2. The number of carbonyl (C=O) groups is 1. The Balaban J connectivity index is 2.19. The number of amides is 1.